The summed E-state index contributed by atoms with van der Waals surface area (Å²) in [5.41, 5.74) is 1.82. The van der Waals surface area contributed by atoms with Crippen LogP contribution in [0, 0.1) is 19.7 Å². The van der Waals surface area contributed by atoms with Gasteiger partial charge in [0.2, 0.25) is 0 Å². The van der Waals surface area contributed by atoms with Crippen molar-refractivity contribution in [2.45, 2.75) is 13.8 Å². The van der Waals surface area contributed by atoms with Gasteiger partial charge in [0.05, 0.1) is 22.9 Å². The molecule has 3 aromatic heterocycles. The van der Waals surface area contributed by atoms with Crippen LogP contribution in [0.15, 0.2) is 51.6 Å². The van der Waals surface area contributed by atoms with Gasteiger partial charge in [0, 0.05) is 5.69 Å². The summed E-state index contributed by atoms with van der Waals surface area (Å²) in [7, 11) is 0. The molecule has 0 aliphatic carbocycles. The molecule has 0 fully saturated rings. The standard InChI is InChI=1S/C21H16FN3O5/c1-11-5-6-13(8-15(11)22)23-18(26)10-29-21(27)14-9-16(17-4-3-7-28-17)24-20-19(14)12(2)25-30-20/h3-9H,10H2,1-2H3,(H,23,26). The van der Waals surface area contributed by atoms with Gasteiger partial charge in [-0.25, -0.2) is 14.2 Å². The molecule has 9 heteroatoms. The number of furan rings is 1. The highest BCUT2D eigenvalue weighted by Crippen LogP contribution is 2.27. The quantitative estimate of drug-likeness (QED) is 0.496. The van der Waals surface area contributed by atoms with Crippen molar-refractivity contribution in [3.8, 4) is 11.5 Å². The van der Waals surface area contributed by atoms with Crippen molar-refractivity contribution in [3.63, 3.8) is 0 Å². The zero-order valence-corrected chi connectivity index (χ0v) is 16.1. The molecule has 0 bridgehead atoms. The summed E-state index contributed by atoms with van der Waals surface area (Å²) in [4.78, 5) is 29.1. The highest BCUT2D eigenvalue weighted by molar-refractivity contribution is 6.05. The van der Waals surface area contributed by atoms with E-state index in [1.807, 2.05) is 0 Å². The second-order valence-corrected chi connectivity index (χ2v) is 6.57. The maximum atomic E-state index is 13.6. The fraction of sp³-hybridized carbons (Fsp3) is 0.143. The number of hydrogen-bond donors (Lipinski definition) is 1. The third kappa shape index (κ3) is 3.77. The van der Waals surface area contributed by atoms with Crippen LogP contribution in [0.5, 0.6) is 0 Å². The van der Waals surface area contributed by atoms with Gasteiger partial charge >= 0.3 is 5.97 Å². The lowest BCUT2D eigenvalue weighted by molar-refractivity contribution is -0.119. The van der Waals surface area contributed by atoms with Gasteiger partial charge in [-0.3, -0.25) is 4.79 Å². The van der Waals surface area contributed by atoms with E-state index < -0.39 is 24.3 Å². The van der Waals surface area contributed by atoms with Crippen molar-refractivity contribution >= 4 is 28.7 Å². The number of pyridine rings is 1. The molecule has 1 amide bonds. The number of esters is 1. The number of aryl methyl sites for hydroxylation is 2. The van der Waals surface area contributed by atoms with Gasteiger partial charge in [-0.15, -0.1) is 0 Å². The Hall–Kier alpha value is -4.01. The van der Waals surface area contributed by atoms with Gasteiger partial charge in [-0.05, 0) is 49.7 Å². The van der Waals surface area contributed by atoms with E-state index in [9.17, 15) is 14.0 Å². The molecule has 0 aliphatic heterocycles. The maximum absolute atomic E-state index is 13.6. The predicted octanol–water partition coefficient (Wildman–Crippen LogP) is 4.03. The molecule has 8 nitrogen and oxygen atoms in total. The van der Waals surface area contributed by atoms with Crippen LogP contribution < -0.4 is 5.32 Å². The Morgan fingerprint density at radius 2 is 2.03 bits per heavy atom. The normalized spacial score (nSPS) is 10.9. The zero-order chi connectivity index (χ0) is 21.3. The zero-order valence-electron chi connectivity index (χ0n) is 16.1. The highest BCUT2D eigenvalue weighted by atomic mass is 19.1. The number of aromatic nitrogens is 2. The summed E-state index contributed by atoms with van der Waals surface area (Å²) in [5, 5.41) is 6.70. The Labute approximate surface area is 169 Å². The first kappa shape index (κ1) is 19.3. The minimum absolute atomic E-state index is 0.138. The largest absolute Gasteiger partial charge is 0.463 e. The van der Waals surface area contributed by atoms with Crippen LogP contribution in [0.4, 0.5) is 10.1 Å². The summed E-state index contributed by atoms with van der Waals surface area (Å²) in [6.45, 7) is 2.72. The summed E-state index contributed by atoms with van der Waals surface area (Å²) in [6.07, 6.45) is 1.48. The molecule has 0 saturated heterocycles. The number of rotatable bonds is 5. The lowest BCUT2D eigenvalue weighted by atomic mass is 10.1. The number of ether oxygens (including phenoxy) is 1. The Kier molecular flexibility index (Phi) is 5.01. The lowest BCUT2D eigenvalue weighted by Gasteiger charge is -2.08. The van der Waals surface area contributed by atoms with E-state index in [-0.39, 0.29) is 17.0 Å². The molecule has 152 valence electrons. The first-order valence-corrected chi connectivity index (χ1v) is 8.96. The van der Waals surface area contributed by atoms with Crippen LogP contribution in [0.3, 0.4) is 0 Å². The average molecular weight is 409 g/mol. The SMILES string of the molecule is Cc1ccc(NC(=O)COC(=O)c2cc(-c3ccco3)nc3onc(C)c23)cc1F. The van der Waals surface area contributed by atoms with Gasteiger partial charge in [-0.2, -0.15) is 0 Å². The summed E-state index contributed by atoms with van der Waals surface area (Å²) in [6, 6.07) is 9.14. The fourth-order valence-electron chi connectivity index (χ4n) is 2.88. The summed E-state index contributed by atoms with van der Waals surface area (Å²) < 4.78 is 29.3. The second kappa shape index (κ2) is 7.78. The van der Waals surface area contributed by atoms with Crippen LogP contribution in [0.2, 0.25) is 0 Å². The minimum atomic E-state index is -0.758. The first-order chi connectivity index (χ1) is 14.4. The highest BCUT2D eigenvalue weighted by Gasteiger charge is 2.22. The Morgan fingerprint density at radius 1 is 1.20 bits per heavy atom. The molecule has 1 N–H and O–H groups in total. The molecule has 4 aromatic rings. The Morgan fingerprint density at radius 3 is 2.77 bits per heavy atom. The van der Waals surface area contributed by atoms with E-state index >= 15 is 0 Å². The van der Waals surface area contributed by atoms with Crippen molar-refractivity contribution in [3.05, 3.63) is 65.3 Å². The van der Waals surface area contributed by atoms with Crippen LogP contribution >= 0.6 is 0 Å². The number of fused-ring (bicyclic) bond motifs is 1. The number of halogens is 1. The van der Waals surface area contributed by atoms with E-state index in [0.29, 0.717) is 28.1 Å². The molecule has 0 unspecified atom stereocenters. The Bertz CT molecular complexity index is 1250. The summed E-state index contributed by atoms with van der Waals surface area (Å²) >= 11 is 0. The van der Waals surface area contributed by atoms with E-state index in [1.165, 1.54) is 24.5 Å². The van der Waals surface area contributed by atoms with Gasteiger partial charge in [0.15, 0.2) is 12.4 Å². The number of carbonyl (C=O) groups is 2. The number of anilines is 1. The van der Waals surface area contributed by atoms with E-state index in [0.717, 1.165) is 0 Å². The number of nitrogens with zero attached hydrogens (tertiary/aromatic N) is 2. The van der Waals surface area contributed by atoms with Crippen LogP contribution in [0.25, 0.3) is 22.6 Å². The molecule has 30 heavy (non-hydrogen) atoms. The topological polar surface area (TPSA) is 107 Å². The van der Waals surface area contributed by atoms with E-state index in [2.05, 4.69) is 15.5 Å². The van der Waals surface area contributed by atoms with E-state index in [1.54, 1.807) is 32.0 Å². The van der Waals surface area contributed by atoms with Crippen molar-refractivity contribution in [2.24, 2.45) is 0 Å². The molecule has 0 atom stereocenters. The molecular weight excluding hydrogens is 393 g/mol. The number of hydrogen-bond acceptors (Lipinski definition) is 7. The second-order valence-electron chi connectivity index (χ2n) is 6.57. The van der Waals surface area contributed by atoms with Crippen LogP contribution in [0.1, 0.15) is 21.6 Å². The number of nitrogens with one attached hydrogen (secondary N) is 1. The minimum Gasteiger partial charge on any atom is -0.463 e. The van der Waals surface area contributed by atoms with Crippen LogP contribution in [-0.2, 0) is 9.53 Å². The molecule has 0 radical (unpaired) electrons. The summed E-state index contributed by atoms with van der Waals surface area (Å²) in [5.74, 6) is -1.38. The molecule has 3 heterocycles. The maximum Gasteiger partial charge on any atom is 0.339 e. The van der Waals surface area contributed by atoms with Crippen molar-refractivity contribution < 1.29 is 27.7 Å². The molecule has 0 aliphatic rings. The van der Waals surface area contributed by atoms with Crippen molar-refractivity contribution in [1.29, 1.82) is 0 Å². The number of benzene rings is 1. The lowest BCUT2D eigenvalue weighted by Crippen LogP contribution is -2.21. The van der Waals surface area contributed by atoms with Gasteiger partial charge in [0.1, 0.15) is 11.5 Å². The first-order valence-electron chi connectivity index (χ1n) is 8.96. The fourth-order valence-corrected chi connectivity index (χ4v) is 2.88. The molecule has 4 rings (SSSR count). The van der Waals surface area contributed by atoms with Gasteiger partial charge < -0.3 is 19.0 Å². The monoisotopic (exact) mass is 409 g/mol. The van der Waals surface area contributed by atoms with Crippen molar-refractivity contribution in [1.82, 2.24) is 10.1 Å². The smallest absolute Gasteiger partial charge is 0.339 e. The number of carbonyl (C=O) groups excluding carboxylic acids is 2. The molecule has 1 aromatic carbocycles. The Balaban J connectivity index is 1.53. The third-order valence-electron chi connectivity index (χ3n) is 4.40. The number of amides is 1. The van der Waals surface area contributed by atoms with Crippen LogP contribution in [-0.4, -0.2) is 28.6 Å². The third-order valence-corrected chi connectivity index (χ3v) is 4.40. The van der Waals surface area contributed by atoms with Gasteiger partial charge in [0.25, 0.3) is 11.6 Å². The van der Waals surface area contributed by atoms with E-state index in [4.69, 9.17) is 13.7 Å². The molecule has 0 saturated carbocycles. The predicted molar refractivity (Wildman–Crippen MR) is 104 cm³/mol. The average Bonchev–Trinajstić information content (AvgIpc) is 3.39. The molecule has 0 spiro atoms. The van der Waals surface area contributed by atoms with Crippen molar-refractivity contribution in [2.75, 3.05) is 11.9 Å². The molecular formula is C21H16FN3O5. The van der Waals surface area contributed by atoms with Gasteiger partial charge in [-0.1, -0.05) is 11.2 Å².